The van der Waals surface area contributed by atoms with Gasteiger partial charge in [-0.3, -0.25) is 18.0 Å². The first kappa shape index (κ1) is 47.1. The normalized spacial score (nSPS) is 12.9. The van der Waals surface area contributed by atoms with Crippen LogP contribution in [0.15, 0.2) is 0 Å². The summed E-state index contributed by atoms with van der Waals surface area (Å²) < 4.78 is 23.9. The van der Waals surface area contributed by atoms with E-state index in [9.17, 15) is 18.0 Å². The molecule has 0 aliphatic heterocycles. The van der Waals surface area contributed by atoms with Crippen LogP contribution in [-0.4, -0.2) is 139 Å². The van der Waals surface area contributed by atoms with E-state index in [0.717, 1.165) is 64.4 Å². The number of thioether (sulfide) groups is 13. The second-order valence-corrected chi connectivity index (χ2v) is 26.9. The van der Waals surface area contributed by atoms with Crippen LogP contribution in [-0.2, 0) is 31.2 Å². The Balaban J connectivity index is 3.35. The van der Waals surface area contributed by atoms with Crippen LogP contribution in [0.1, 0.15) is 0 Å². The van der Waals surface area contributed by atoms with Crippen molar-refractivity contribution in [1.82, 2.24) is 0 Å². The average Bonchev–Trinajstić information content (AvgIpc) is 2.99. The van der Waals surface area contributed by atoms with Crippen molar-refractivity contribution in [2.75, 3.05) is 110 Å². The van der Waals surface area contributed by atoms with Gasteiger partial charge in [-0.15, -0.1) is 106 Å². The third-order valence-electron chi connectivity index (χ3n) is 4.00. The van der Waals surface area contributed by atoms with Crippen molar-refractivity contribution in [2.45, 2.75) is 0 Å². The highest BCUT2D eigenvalue weighted by atomic mass is 32.3. The highest BCUT2D eigenvalue weighted by molar-refractivity contribution is 8.30. The number of aliphatic hydroxyl groups excluding tert-OH is 2. The highest BCUT2D eigenvalue weighted by Crippen LogP contribution is 2.24. The fraction of sp³-hybridized carbons (Fsp3) is 0.909. The molecular weight excluding hydrogens is 841 g/mol. The molecule has 43 heavy (non-hydrogen) atoms. The predicted molar refractivity (Wildman–Crippen MR) is 227 cm³/mol. The molecule has 6 nitrogen and oxygen atoms in total. The molecule has 2 N–H and O–H groups in total. The Morgan fingerprint density at radius 3 is 1.49 bits per heavy atom. The minimum atomic E-state index is -0.797. The summed E-state index contributed by atoms with van der Waals surface area (Å²) in [5, 5.41) is 24.8. The van der Waals surface area contributed by atoms with Gasteiger partial charge in [0.25, 0.3) is 0 Å². The fourth-order valence-corrected chi connectivity index (χ4v) is 19.7. The molecule has 0 saturated heterocycles. The number of carbonyl (C=O) groups is 2. The standard InChI is InChI=1S/C22H42O6S15/c23-11-29-1-2-40-21(25)9-33-15-36-14-32-5-8-43(28)20-39-18-37-17-38-19-41-22(26)10-34-16-35-13-31-4-7-42(27)6-3-30-12-24/h23-24H,1-20H2. The lowest BCUT2D eigenvalue weighted by molar-refractivity contribution is -0.109. The number of aliphatic hydroxyl groups is 2. The van der Waals surface area contributed by atoms with Crippen molar-refractivity contribution >= 4 is 185 Å². The zero-order chi connectivity index (χ0) is 31.6. The molecule has 0 saturated carbocycles. The molecule has 0 aliphatic rings. The van der Waals surface area contributed by atoms with E-state index in [1.165, 1.54) is 47.0 Å². The second kappa shape index (κ2) is 38.9. The van der Waals surface area contributed by atoms with E-state index in [0.29, 0.717) is 33.8 Å². The number of hydrogen-bond donors (Lipinski definition) is 2. The lowest BCUT2D eigenvalue weighted by Gasteiger charge is -2.04. The SMILES string of the molecule is O=C(CSCSCSCCS(=O)CSCSCSCSC(=O)CSCSCSCCS(=O)CCSCO)SCCSCO. The topological polar surface area (TPSA) is 109 Å². The van der Waals surface area contributed by atoms with Crippen LogP contribution < -0.4 is 0 Å². The molecule has 0 heterocycles. The zero-order valence-corrected chi connectivity index (χ0v) is 36.0. The van der Waals surface area contributed by atoms with Gasteiger partial charge >= 0.3 is 0 Å². The molecule has 2 unspecified atom stereocenters. The van der Waals surface area contributed by atoms with Gasteiger partial charge in [0.1, 0.15) is 0 Å². The molecule has 2 atom stereocenters. The molecule has 0 radical (unpaired) electrons. The Hall–Kier alpha value is 4.11. The zero-order valence-electron chi connectivity index (χ0n) is 23.8. The van der Waals surface area contributed by atoms with Gasteiger partial charge in [-0.05, 0) is 0 Å². The van der Waals surface area contributed by atoms with Gasteiger partial charge in [0, 0.05) is 103 Å². The van der Waals surface area contributed by atoms with E-state index in [-0.39, 0.29) is 22.1 Å². The molecular formula is C22H42O6S15. The Bertz CT molecular complexity index is 710. The molecule has 0 bridgehead atoms. The highest BCUT2D eigenvalue weighted by Gasteiger charge is 2.06. The van der Waals surface area contributed by atoms with Crippen molar-refractivity contribution < 1.29 is 28.2 Å². The predicted octanol–water partition coefficient (Wildman–Crippen LogP) is 6.63. The molecule has 21 heteroatoms. The number of hydrogen-bond acceptors (Lipinski definition) is 19. The van der Waals surface area contributed by atoms with Gasteiger partial charge < -0.3 is 10.2 Å². The molecule has 0 aromatic heterocycles. The van der Waals surface area contributed by atoms with Crippen LogP contribution in [0.3, 0.4) is 0 Å². The van der Waals surface area contributed by atoms with E-state index in [2.05, 4.69) is 0 Å². The molecule has 0 amide bonds. The second-order valence-electron chi connectivity index (χ2n) is 7.28. The molecule has 0 fully saturated rings. The summed E-state index contributed by atoms with van der Waals surface area (Å²) in [6.07, 6.45) is 0. The van der Waals surface area contributed by atoms with E-state index in [1.807, 2.05) is 11.8 Å². The third kappa shape index (κ3) is 38.8. The minimum absolute atomic E-state index is 0.0903. The maximum atomic E-state index is 12.2. The Labute approximate surface area is 319 Å². The van der Waals surface area contributed by atoms with Crippen LogP contribution in [0.25, 0.3) is 0 Å². The lowest BCUT2D eigenvalue weighted by Crippen LogP contribution is -2.07. The number of carbonyl (C=O) groups excluding carboxylic acids is 2. The summed E-state index contributed by atoms with van der Waals surface area (Å²) in [5.41, 5.74) is 0. The largest absolute Gasteiger partial charge is 0.386 e. The van der Waals surface area contributed by atoms with E-state index < -0.39 is 21.6 Å². The first-order chi connectivity index (χ1) is 21.0. The quantitative estimate of drug-likeness (QED) is 0.0533. The van der Waals surface area contributed by atoms with Crippen LogP contribution in [0.4, 0.5) is 0 Å². The Morgan fingerprint density at radius 2 is 0.884 bits per heavy atom. The Morgan fingerprint density at radius 1 is 0.442 bits per heavy atom. The molecule has 0 spiro atoms. The molecule has 0 aromatic rings. The third-order valence-corrected chi connectivity index (χ3v) is 22.8. The maximum Gasteiger partial charge on any atom is 0.199 e. The van der Waals surface area contributed by atoms with Crippen molar-refractivity contribution in [2.24, 2.45) is 0 Å². The van der Waals surface area contributed by atoms with Crippen LogP contribution in [0.2, 0.25) is 0 Å². The smallest absolute Gasteiger partial charge is 0.199 e. The van der Waals surface area contributed by atoms with Crippen molar-refractivity contribution in [3.05, 3.63) is 0 Å². The monoisotopic (exact) mass is 882 g/mol. The number of rotatable bonds is 34. The summed E-state index contributed by atoms with van der Waals surface area (Å²) in [6.45, 7) is 0. The lowest BCUT2D eigenvalue weighted by atomic mass is 10.9. The van der Waals surface area contributed by atoms with Crippen LogP contribution in [0, 0.1) is 0 Å². The van der Waals surface area contributed by atoms with Gasteiger partial charge in [0.05, 0.1) is 28.5 Å². The van der Waals surface area contributed by atoms with Crippen molar-refractivity contribution in [3.8, 4) is 0 Å². The summed E-state index contributed by atoms with van der Waals surface area (Å²) in [5.74, 6) is 7.40. The first-order valence-electron chi connectivity index (χ1n) is 12.6. The van der Waals surface area contributed by atoms with Gasteiger partial charge in [0.15, 0.2) is 10.2 Å². The van der Waals surface area contributed by atoms with Crippen LogP contribution in [0.5, 0.6) is 0 Å². The van der Waals surface area contributed by atoms with Crippen molar-refractivity contribution in [3.63, 3.8) is 0 Å². The summed E-state index contributed by atoms with van der Waals surface area (Å²) in [6, 6.07) is 0. The Kier molecular flexibility index (Phi) is 42.6. The van der Waals surface area contributed by atoms with Gasteiger partial charge in [-0.2, -0.15) is 23.5 Å². The van der Waals surface area contributed by atoms with Crippen molar-refractivity contribution in [1.29, 1.82) is 0 Å². The first-order valence-corrected chi connectivity index (χ1v) is 30.2. The molecule has 0 aliphatic carbocycles. The summed E-state index contributed by atoms with van der Waals surface area (Å²) >= 11 is 21.3. The maximum absolute atomic E-state index is 12.2. The van der Waals surface area contributed by atoms with Crippen LogP contribution >= 0.6 is 153 Å². The van der Waals surface area contributed by atoms with E-state index >= 15 is 0 Å². The van der Waals surface area contributed by atoms with E-state index in [1.54, 1.807) is 94.1 Å². The molecule has 256 valence electrons. The summed E-state index contributed by atoms with van der Waals surface area (Å²) in [4.78, 5) is 23.7. The minimum Gasteiger partial charge on any atom is -0.386 e. The summed E-state index contributed by atoms with van der Waals surface area (Å²) in [7, 11) is -1.59. The average molecular weight is 884 g/mol. The molecule has 0 rings (SSSR count). The van der Waals surface area contributed by atoms with Gasteiger partial charge in [0.2, 0.25) is 0 Å². The van der Waals surface area contributed by atoms with Gasteiger partial charge in [-0.25, -0.2) is 0 Å². The molecule has 0 aromatic carbocycles. The fourth-order valence-electron chi connectivity index (χ4n) is 2.14. The van der Waals surface area contributed by atoms with E-state index in [4.69, 9.17) is 10.2 Å². The van der Waals surface area contributed by atoms with Gasteiger partial charge in [-0.1, -0.05) is 23.5 Å².